The summed E-state index contributed by atoms with van der Waals surface area (Å²) in [6.07, 6.45) is 0. The Bertz CT molecular complexity index is 2070. The van der Waals surface area contributed by atoms with E-state index in [4.69, 9.17) is 41.8 Å². The van der Waals surface area contributed by atoms with E-state index in [9.17, 15) is 13.2 Å². The van der Waals surface area contributed by atoms with E-state index in [1.54, 1.807) is 24.3 Å². The second kappa shape index (κ2) is 14.6. The van der Waals surface area contributed by atoms with Crippen molar-refractivity contribution < 1.29 is 50.2 Å². The van der Waals surface area contributed by atoms with E-state index in [-0.39, 0.29) is 69.3 Å². The van der Waals surface area contributed by atoms with Crippen LogP contribution in [-0.4, -0.2) is 50.8 Å². The van der Waals surface area contributed by atoms with Crippen LogP contribution in [0.25, 0.3) is 22.3 Å². The molecule has 1 heterocycles. The Morgan fingerprint density at radius 3 is 2.00 bits per heavy atom. The minimum atomic E-state index is -4.55. The number of hydrogen-bond acceptors (Lipinski definition) is 12. The van der Waals surface area contributed by atoms with Gasteiger partial charge in [-0.25, -0.2) is 0 Å². The summed E-state index contributed by atoms with van der Waals surface area (Å²) in [6, 6.07) is 20.2. The molecule has 0 saturated heterocycles. The molecule has 0 aliphatic heterocycles. The standard InChI is InChI=1S/C35H34O12S/c1-21-12-15-24(16-13-21)48(37,38)47-32-28(36)27-30(41-4)35(45-20-39-2)34(43-6)33(42-5)31(27)46-29(32)23-14-17-25(26(18-23)40-3)44-19-22-10-8-7-9-11-22/h7-18H,19-20H2,1-6H3. The summed E-state index contributed by atoms with van der Waals surface area (Å²) in [5.41, 5.74) is 0.970. The third-order valence-corrected chi connectivity index (χ3v) is 8.46. The number of benzene rings is 4. The summed E-state index contributed by atoms with van der Waals surface area (Å²) < 4.78 is 78.4. The number of methoxy groups -OCH3 is 5. The van der Waals surface area contributed by atoms with Gasteiger partial charge in [0.25, 0.3) is 0 Å². The zero-order valence-electron chi connectivity index (χ0n) is 27.1. The maximum absolute atomic E-state index is 14.5. The highest BCUT2D eigenvalue weighted by Gasteiger charge is 2.33. The second-order valence-electron chi connectivity index (χ2n) is 10.3. The van der Waals surface area contributed by atoms with Crippen LogP contribution in [0.5, 0.6) is 40.2 Å². The van der Waals surface area contributed by atoms with E-state index in [1.165, 1.54) is 53.7 Å². The molecule has 0 saturated carbocycles. The Hall–Kier alpha value is -5.40. The molecule has 0 N–H and O–H groups in total. The van der Waals surface area contributed by atoms with Crippen LogP contribution >= 0.6 is 0 Å². The van der Waals surface area contributed by atoms with Crippen LogP contribution in [0.1, 0.15) is 11.1 Å². The summed E-state index contributed by atoms with van der Waals surface area (Å²) in [5.74, 6) is -0.375. The van der Waals surface area contributed by atoms with Crippen molar-refractivity contribution in [3.63, 3.8) is 0 Å². The monoisotopic (exact) mass is 678 g/mol. The molecule has 5 rings (SSSR count). The number of ether oxygens (including phenoxy) is 7. The molecule has 0 atom stereocenters. The van der Waals surface area contributed by atoms with Crippen molar-refractivity contribution >= 4 is 21.1 Å². The lowest BCUT2D eigenvalue weighted by atomic mass is 10.1. The quantitative estimate of drug-likeness (QED) is 0.0986. The third kappa shape index (κ3) is 6.68. The first-order valence-electron chi connectivity index (χ1n) is 14.5. The van der Waals surface area contributed by atoms with E-state index >= 15 is 0 Å². The summed E-state index contributed by atoms with van der Waals surface area (Å²) in [7, 11) is 2.32. The van der Waals surface area contributed by atoms with E-state index < -0.39 is 21.3 Å². The van der Waals surface area contributed by atoms with E-state index in [0.717, 1.165) is 11.1 Å². The number of hydrogen-bond donors (Lipinski definition) is 0. The molecule has 13 heteroatoms. The maximum Gasteiger partial charge on any atom is 0.339 e. The molecule has 0 bridgehead atoms. The lowest BCUT2D eigenvalue weighted by Gasteiger charge is -2.20. The molecule has 1 aromatic heterocycles. The topological polar surface area (TPSA) is 138 Å². The van der Waals surface area contributed by atoms with Gasteiger partial charge >= 0.3 is 10.1 Å². The van der Waals surface area contributed by atoms with Crippen LogP contribution in [-0.2, 0) is 21.5 Å². The SMILES string of the molecule is COCOc1c(OC)c(OC)c2oc(-c3ccc(OCc4ccccc4)c(OC)c3)c(OS(=O)(=O)c3ccc(C)cc3)c(=O)c2c1OC. The lowest BCUT2D eigenvalue weighted by Crippen LogP contribution is -2.18. The molecule has 12 nitrogen and oxygen atoms in total. The van der Waals surface area contributed by atoms with Gasteiger partial charge in [-0.15, -0.1) is 0 Å². The molecule has 252 valence electrons. The molecule has 0 aliphatic rings. The minimum Gasteiger partial charge on any atom is -0.493 e. The third-order valence-electron chi connectivity index (χ3n) is 7.22. The Balaban J connectivity index is 1.77. The van der Waals surface area contributed by atoms with Crippen molar-refractivity contribution in [1.82, 2.24) is 0 Å². The van der Waals surface area contributed by atoms with E-state index in [2.05, 4.69) is 0 Å². The number of rotatable bonds is 14. The summed E-state index contributed by atoms with van der Waals surface area (Å²) in [5, 5.41) is -0.228. The average molecular weight is 679 g/mol. The van der Waals surface area contributed by atoms with Gasteiger partial charge in [0.2, 0.25) is 28.4 Å². The first kappa shape index (κ1) is 33.9. The van der Waals surface area contributed by atoms with Gasteiger partial charge in [0, 0.05) is 12.7 Å². The van der Waals surface area contributed by atoms with Gasteiger partial charge in [-0.1, -0.05) is 48.0 Å². The first-order chi connectivity index (χ1) is 23.2. The highest BCUT2D eigenvalue weighted by Crippen LogP contribution is 2.52. The molecule has 4 aromatic carbocycles. The fourth-order valence-corrected chi connectivity index (χ4v) is 5.85. The molecule has 0 amide bonds. The van der Waals surface area contributed by atoms with E-state index in [1.807, 2.05) is 37.3 Å². The Morgan fingerprint density at radius 2 is 1.38 bits per heavy atom. The van der Waals surface area contributed by atoms with Crippen molar-refractivity contribution in [3.05, 3.63) is 94.1 Å². The number of aryl methyl sites for hydroxylation is 1. The van der Waals surface area contributed by atoms with Crippen LogP contribution < -0.4 is 38.0 Å². The largest absolute Gasteiger partial charge is 0.493 e. The van der Waals surface area contributed by atoms with Gasteiger partial charge in [0.05, 0.1) is 28.4 Å². The normalized spacial score (nSPS) is 11.2. The van der Waals surface area contributed by atoms with Gasteiger partial charge in [-0.05, 0) is 42.8 Å². The average Bonchev–Trinajstić information content (AvgIpc) is 3.10. The van der Waals surface area contributed by atoms with Gasteiger partial charge < -0.3 is 41.8 Å². The van der Waals surface area contributed by atoms with Crippen molar-refractivity contribution in [2.24, 2.45) is 0 Å². The Kier molecular flexibility index (Phi) is 10.3. The smallest absolute Gasteiger partial charge is 0.339 e. The van der Waals surface area contributed by atoms with Crippen LogP contribution in [0.3, 0.4) is 0 Å². The van der Waals surface area contributed by atoms with Crippen LogP contribution in [0.2, 0.25) is 0 Å². The van der Waals surface area contributed by atoms with Crippen LogP contribution in [0.15, 0.2) is 86.9 Å². The number of fused-ring (bicyclic) bond motifs is 1. The van der Waals surface area contributed by atoms with E-state index in [0.29, 0.717) is 5.75 Å². The van der Waals surface area contributed by atoms with Crippen molar-refractivity contribution in [2.75, 3.05) is 42.3 Å². The van der Waals surface area contributed by atoms with Gasteiger partial charge in [-0.3, -0.25) is 4.79 Å². The summed E-state index contributed by atoms with van der Waals surface area (Å²) >= 11 is 0. The Labute approximate surface area is 277 Å². The molecule has 48 heavy (non-hydrogen) atoms. The predicted octanol–water partition coefficient (Wildman–Crippen LogP) is 6.13. The second-order valence-corrected chi connectivity index (χ2v) is 11.8. The molecular formula is C35H34O12S. The zero-order chi connectivity index (χ0) is 34.4. The minimum absolute atomic E-state index is 0.0273. The summed E-state index contributed by atoms with van der Waals surface area (Å²) in [4.78, 5) is 14.3. The highest BCUT2D eigenvalue weighted by molar-refractivity contribution is 7.87. The molecule has 0 spiro atoms. The molecular weight excluding hydrogens is 644 g/mol. The maximum atomic E-state index is 14.5. The summed E-state index contributed by atoms with van der Waals surface area (Å²) in [6.45, 7) is 1.83. The lowest BCUT2D eigenvalue weighted by molar-refractivity contribution is 0.0470. The zero-order valence-corrected chi connectivity index (χ0v) is 28.0. The molecule has 0 unspecified atom stereocenters. The molecule has 0 fully saturated rings. The Morgan fingerprint density at radius 1 is 0.688 bits per heavy atom. The van der Waals surface area contributed by atoms with Crippen LogP contribution in [0.4, 0.5) is 0 Å². The van der Waals surface area contributed by atoms with Crippen molar-refractivity contribution in [1.29, 1.82) is 0 Å². The van der Waals surface area contributed by atoms with Crippen molar-refractivity contribution in [3.8, 4) is 51.6 Å². The fraction of sp³-hybridized carbons (Fsp3) is 0.229. The van der Waals surface area contributed by atoms with Gasteiger partial charge in [0.1, 0.15) is 16.9 Å². The first-order valence-corrected chi connectivity index (χ1v) is 15.9. The van der Waals surface area contributed by atoms with Crippen molar-refractivity contribution in [2.45, 2.75) is 18.4 Å². The van der Waals surface area contributed by atoms with Gasteiger partial charge in [0.15, 0.2) is 35.4 Å². The molecule has 0 aliphatic carbocycles. The van der Waals surface area contributed by atoms with Crippen LogP contribution in [0, 0.1) is 6.92 Å². The highest BCUT2D eigenvalue weighted by atomic mass is 32.2. The molecule has 0 radical (unpaired) electrons. The molecule has 5 aromatic rings. The van der Waals surface area contributed by atoms with Gasteiger partial charge in [-0.2, -0.15) is 8.42 Å². The fourth-order valence-electron chi connectivity index (χ4n) is 4.91. The predicted molar refractivity (Wildman–Crippen MR) is 176 cm³/mol.